The lowest BCUT2D eigenvalue weighted by atomic mass is 10.1. The molecule has 0 amide bonds. The van der Waals surface area contributed by atoms with Crippen molar-refractivity contribution in [2.45, 2.75) is 238 Å². The molecular formula is C58H99O11P. The zero-order chi connectivity index (χ0) is 51.3. The van der Waals surface area contributed by atoms with Gasteiger partial charge in [-0.2, -0.15) is 0 Å². The zero-order valence-electron chi connectivity index (χ0n) is 44.2. The summed E-state index contributed by atoms with van der Waals surface area (Å²) in [7, 11) is -4.76. The molecule has 0 heterocycles. The first kappa shape index (κ1) is 66.7. The maximum Gasteiger partial charge on any atom is 0.472 e. The third-order valence-corrected chi connectivity index (χ3v) is 12.2. The van der Waals surface area contributed by atoms with Gasteiger partial charge >= 0.3 is 25.7 Å². The molecular weight excluding hydrogens is 904 g/mol. The van der Waals surface area contributed by atoms with Crippen LogP contribution in [0.15, 0.2) is 85.1 Å². The maximum atomic E-state index is 12.9. The van der Waals surface area contributed by atoms with E-state index in [1.54, 1.807) is 0 Å². The molecule has 0 saturated heterocycles. The molecule has 0 aromatic heterocycles. The Kier molecular flexibility index (Phi) is 49.5. The van der Waals surface area contributed by atoms with Gasteiger partial charge in [-0.3, -0.25) is 23.4 Å². The van der Waals surface area contributed by atoms with Gasteiger partial charge in [-0.05, 0) is 109 Å². The highest BCUT2D eigenvalue weighted by Crippen LogP contribution is 2.43. The molecule has 70 heavy (non-hydrogen) atoms. The molecule has 3 atom stereocenters. The first-order valence-electron chi connectivity index (χ1n) is 27.5. The molecule has 0 radical (unpaired) electrons. The largest absolute Gasteiger partial charge is 0.472 e. The van der Waals surface area contributed by atoms with Crippen LogP contribution in [0.25, 0.3) is 0 Å². The van der Waals surface area contributed by atoms with Gasteiger partial charge in [0.25, 0.3) is 0 Å². The van der Waals surface area contributed by atoms with E-state index in [4.69, 9.17) is 23.3 Å². The van der Waals surface area contributed by atoms with E-state index in [0.29, 0.717) is 19.3 Å². The highest BCUT2D eigenvalue weighted by atomic mass is 31.2. The van der Waals surface area contributed by atoms with Crippen molar-refractivity contribution in [3.63, 3.8) is 0 Å². The van der Waals surface area contributed by atoms with Crippen LogP contribution in [0, 0.1) is 0 Å². The van der Waals surface area contributed by atoms with E-state index in [0.717, 1.165) is 141 Å². The summed E-state index contributed by atoms with van der Waals surface area (Å²) in [6, 6.07) is 0. The summed E-state index contributed by atoms with van der Waals surface area (Å²) in [6.45, 7) is 4.38. The van der Waals surface area contributed by atoms with Crippen LogP contribution in [-0.4, -0.2) is 66.5 Å². The van der Waals surface area contributed by atoms with Crippen LogP contribution < -0.4 is 0 Å². The van der Waals surface area contributed by atoms with Crippen molar-refractivity contribution in [1.29, 1.82) is 0 Å². The zero-order valence-corrected chi connectivity index (χ0v) is 45.1. The number of unbranched alkanes of at least 4 members (excludes halogenated alkanes) is 19. The molecule has 0 bridgehead atoms. The lowest BCUT2D eigenvalue weighted by Crippen LogP contribution is -2.30. The van der Waals surface area contributed by atoms with E-state index in [1.807, 2.05) is 0 Å². The highest BCUT2D eigenvalue weighted by Gasteiger charge is 2.28. The summed E-state index contributed by atoms with van der Waals surface area (Å²) in [5.74, 6) is -1.52. The van der Waals surface area contributed by atoms with Crippen molar-refractivity contribution in [3.8, 4) is 0 Å². The topological polar surface area (TPSA) is 155 Å². The Morgan fingerprint density at radius 1 is 0.414 bits per heavy atom. The van der Waals surface area contributed by atoms with Crippen LogP contribution in [0.5, 0.6) is 0 Å². The molecule has 3 unspecified atom stereocenters. The molecule has 0 aromatic rings. The van der Waals surface area contributed by atoms with Gasteiger partial charge in [0.15, 0.2) is 6.10 Å². The molecule has 0 fully saturated rings. The molecule has 2 N–H and O–H groups in total. The molecule has 12 heteroatoms. The summed E-state index contributed by atoms with van der Waals surface area (Å²) in [5.41, 5.74) is 0. The minimum atomic E-state index is -4.76. The van der Waals surface area contributed by atoms with Gasteiger partial charge in [-0.1, -0.05) is 183 Å². The smallest absolute Gasteiger partial charge is 0.462 e. The number of carbonyl (C=O) groups is 3. The van der Waals surface area contributed by atoms with Crippen molar-refractivity contribution in [1.82, 2.24) is 0 Å². The van der Waals surface area contributed by atoms with Gasteiger partial charge in [-0.25, -0.2) is 4.57 Å². The SMILES string of the molecule is CC/C=C\C/C=C\C/C=C\C/C=C\CCCCCCC(=O)OC(COC(=O)CCCCCCC/C=C\CCCCCC)COP(=O)(O)OCC(CO)OC(=O)CCCCCCC/C=C\C/C=C\CCC. The first-order valence-corrected chi connectivity index (χ1v) is 29.0. The minimum Gasteiger partial charge on any atom is -0.462 e. The third-order valence-electron chi connectivity index (χ3n) is 11.3. The molecule has 0 aliphatic heterocycles. The average molecular weight is 1000 g/mol. The number of phosphoric acid groups is 1. The lowest BCUT2D eigenvalue weighted by molar-refractivity contribution is -0.161. The van der Waals surface area contributed by atoms with E-state index in [-0.39, 0.29) is 25.9 Å². The van der Waals surface area contributed by atoms with Gasteiger partial charge in [0.05, 0.1) is 19.8 Å². The summed E-state index contributed by atoms with van der Waals surface area (Å²) in [6.07, 6.45) is 58.3. The van der Waals surface area contributed by atoms with E-state index >= 15 is 0 Å². The fourth-order valence-corrected chi connectivity index (χ4v) is 7.87. The summed E-state index contributed by atoms with van der Waals surface area (Å²) in [4.78, 5) is 48.4. The predicted molar refractivity (Wildman–Crippen MR) is 288 cm³/mol. The van der Waals surface area contributed by atoms with E-state index < -0.39 is 57.8 Å². The monoisotopic (exact) mass is 1000 g/mol. The quantitative estimate of drug-likeness (QED) is 0.0197. The Labute approximate surface area is 426 Å². The molecule has 0 saturated carbocycles. The van der Waals surface area contributed by atoms with Gasteiger partial charge in [0, 0.05) is 19.3 Å². The van der Waals surface area contributed by atoms with Crippen molar-refractivity contribution >= 4 is 25.7 Å². The number of aliphatic hydroxyl groups is 1. The molecule has 0 aliphatic carbocycles. The molecule has 0 rings (SSSR count). The summed E-state index contributed by atoms with van der Waals surface area (Å²) in [5, 5.41) is 9.79. The van der Waals surface area contributed by atoms with Crippen LogP contribution in [0.2, 0.25) is 0 Å². The number of carbonyl (C=O) groups excluding carboxylic acids is 3. The van der Waals surface area contributed by atoms with E-state index in [9.17, 15) is 28.9 Å². The lowest BCUT2D eigenvalue weighted by Gasteiger charge is -2.21. The Morgan fingerprint density at radius 2 is 0.771 bits per heavy atom. The van der Waals surface area contributed by atoms with Crippen molar-refractivity contribution in [2.75, 3.05) is 26.4 Å². The fourth-order valence-electron chi connectivity index (χ4n) is 7.08. The van der Waals surface area contributed by atoms with Crippen molar-refractivity contribution in [3.05, 3.63) is 85.1 Å². The highest BCUT2D eigenvalue weighted by molar-refractivity contribution is 7.47. The number of ether oxygens (including phenoxy) is 3. The van der Waals surface area contributed by atoms with Crippen LogP contribution in [0.4, 0.5) is 0 Å². The van der Waals surface area contributed by atoms with E-state index in [2.05, 4.69) is 106 Å². The Morgan fingerprint density at radius 3 is 1.21 bits per heavy atom. The predicted octanol–water partition coefficient (Wildman–Crippen LogP) is 15.9. The number of hydrogen-bond acceptors (Lipinski definition) is 10. The Hall–Kier alpha value is -3.34. The van der Waals surface area contributed by atoms with Crippen LogP contribution >= 0.6 is 7.82 Å². The Bertz CT molecular complexity index is 1500. The van der Waals surface area contributed by atoms with Crippen LogP contribution in [-0.2, 0) is 42.2 Å². The minimum absolute atomic E-state index is 0.134. The molecule has 0 aliphatic rings. The van der Waals surface area contributed by atoms with Crippen molar-refractivity contribution in [2.24, 2.45) is 0 Å². The van der Waals surface area contributed by atoms with Gasteiger partial charge in [0.2, 0.25) is 0 Å². The number of allylic oxidation sites excluding steroid dienone is 14. The second kappa shape index (κ2) is 52.0. The Balaban J connectivity index is 4.80. The maximum absolute atomic E-state index is 12.9. The van der Waals surface area contributed by atoms with Gasteiger partial charge in [-0.15, -0.1) is 0 Å². The third kappa shape index (κ3) is 49.6. The van der Waals surface area contributed by atoms with Crippen molar-refractivity contribution < 1.29 is 52.2 Å². The summed E-state index contributed by atoms with van der Waals surface area (Å²) < 4.78 is 39.4. The molecule has 11 nitrogen and oxygen atoms in total. The summed E-state index contributed by atoms with van der Waals surface area (Å²) >= 11 is 0. The molecule has 0 aromatic carbocycles. The number of esters is 3. The fraction of sp³-hybridized carbons (Fsp3) is 0.707. The first-order chi connectivity index (χ1) is 34.2. The normalized spacial score (nSPS) is 14.1. The second-order valence-electron chi connectivity index (χ2n) is 18.0. The molecule has 0 spiro atoms. The number of rotatable bonds is 50. The second-order valence-corrected chi connectivity index (χ2v) is 19.5. The van der Waals surface area contributed by atoms with E-state index in [1.165, 1.54) is 25.7 Å². The standard InChI is InChI=1S/C58H99O11P/c1-4-7-10-13-16-19-22-25-26-27-28-31-34-37-40-43-46-49-58(62)69-55(51-65-56(60)47-44-41-38-35-32-29-23-20-17-14-11-8-5-2)53-67-70(63,64)66-52-54(50-59)68-57(61)48-45-42-39-36-33-30-24-21-18-15-12-9-6-3/h7,10,12,15-16,19-21,23-26,28,31,54-55,59H,4-6,8-9,11,13-14,17-18,22,27,29-30,32-53H2,1-3H3,(H,63,64)/b10-7-,15-12-,19-16-,23-20-,24-21-,26-25-,31-28-. The molecule has 402 valence electrons. The van der Waals surface area contributed by atoms with Gasteiger partial charge < -0.3 is 24.2 Å². The number of aliphatic hydroxyl groups excluding tert-OH is 1. The van der Waals surface area contributed by atoms with Gasteiger partial charge in [0.1, 0.15) is 12.7 Å². The van der Waals surface area contributed by atoms with Crippen LogP contribution in [0.3, 0.4) is 0 Å². The van der Waals surface area contributed by atoms with Crippen LogP contribution in [0.1, 0.15) is 226 Å². The number of hydrogen-bond donors (Lipinski definition) is 2. The number of phosphoric ester groups is 1. The average Bonchev–Trinajstić information content (AvgIpc) is 3.35.